The van der Waals surface area contributed by atoms with Gasteiger partial charge in [0.1, 0.15) is 5.75 Å². The average Bonchev–Trinajstić information content (AvgIpc) is 2.68. The molecular formula is C19H19N5O. The van der Waals surface area contributed by atoms with Gasteiger partial charge >= 0.3 is 0 Å². The summed E-state index contributed by atoms with van der Waals surface area (Å²) < 4.78 is 5.25. The smallest absolute Gasteiger partial charge is 0.160 e. The molecule has 1 aliphatic rings. The quantitative estimate of drug-likeness (QED) is 0.731. The Balaban J connectivity index is 1.50. The molecule has 0 aliphatic carbocycles. The first kappa shape index (κ1) is 15.7. The van der Waals surface area contributed by atoms with Crippen LogP contribution in [-0.4, -0.2) is 38.5 Å². The summed E-state index contributed by atoms with van der Waals surface area (Å²) in [6, 6.07) is 5.92. The van der Waals surface area contributed by atoms with Gasteiger partial charge in [-0.3, -0.25) is 14.9 Å². The van der Waals surface area contributed by atoms with Crippen LogP contribution in [0.2, 0.25) is 0 Å². The number of hydrogen-bond donors (Lipinski definition) is 0. The standard InChI is InChI=1S/C19H19N5O/c1-25-17-7-14(8-21-11-17)12-24-6-4-18-16(13-24)10-22-19(23-18)15-3-2-5-20-9-15/h2-3,5,7-11H,4,6,12-13H2,1H3. The molecule has 0 amide bonds. The predicted octanol–water partition coefficient (Wildman–Crippen LogP) is 2.50. The van der Waals surface area contributed by atoms with Gasteiger partial charge < -0.3 is 4.74 Å². The zero-order valence-electron chi connectivity index (χ0n) is 14.1. The predicted molar refractivity (Wildman–Crippen MR) is 93.9 cm³/mol. The maximum atomic E-state index is 5.25. The van der Waals surface area contributed by atoms with E-state index in [2.05, 4.69) is 19.9 Å². The van der Waals surface area contributed by atoms with Crippen LogP contribution in [-0.2, 0) is 19.5 Å². The molecule has 4 rings (SSSR count). The van der Waals surface area contributed by atoms with Gasteiger partial charge in [0.05, 0.1) is 19.0 Å². The van der Waals surface area contributed by atoms with Crippen LogP contribution in [0.15, 0.2) is 49.2 Å². The van der Waals surface area contributed by atoms with Gasteiger partial charge in [-0.2, -0.15) is 0 Å². The van der Waals surface area contributed by atoms with E-state index in [1.165, 1.54) is 5.56 Å². The monoisotopic (exact) mass is 333 g/mol. The molecule has 3 aromatic heterocycles. The molecule has 3 aromatic rings. The Labute approximate surface area is 146 Å². The lowest BCUT2D eigenvalue weighted by atomic mass is 10.1. The number of methoxy groups -OCH3 is 1. The minimum Gasteiger partial charge on any atom is -0.495 e. The Bertz CT molecular complexity index is 869. The summed E-state index contributed by atoms with van der Waals surface area (Å²) in [4.78, 5) is 20.0. The molecule has 1 aliphatic heterocycles. The van der Waals surface area contributed by atoms with Crippen molar-refractivity contribution < 1.29 is 4.74 Å². The molecule has 25 heavy (non-hydrogen) atoms. The molecule has 6 nitrogen and oxygen atoms in total. The number of fused-ring (bicyclic) bond motifs is 1. The van der Waals surface area contributed by atoms with E-state index in [1.807, 2.05) is 30.6 Å². The minimum atomic E-state index is 0.747. The Kier molecular flexibility index (Phi) is 4.35. The number of hydrogen-bond acceptors (Lipinski definition) is 6. The first-order valence-corrected chi connectivity index (χ1v) is 8.27. The molecule has 0 spiro atoms. The summed E-state index contributed by atoms with van der Waals surface area (Å²) in [6.45, 7) is 2.65. The third-order valence-electron chi connectivity index (χ3n) is 4.34. The van der Waals surface area contributed by atoms with Crippen molar-refractivity contribution in [2.45, 2.75) is 19.5 Å². The molecule has 0 aromatic carbocycles. The zero-order valence-corrected chi connectivity index (χ0v) is 14.1. The van der Waals surface area contributed by atoms with Crippen molar-refractivity contribution in [2.75, 3.05) is 13.7 Å². The van der Waals surface area contributed by atoms with E-state index in [9.17, 15) is 0 Å². The molecule has 0 saturated heterocycles. The Morgan fingerprint density at radius 1 is 1.16 bits per heavy atom. The highest BCUT2D eigenvalue weighted by Crippen LogP contribution is 2.22. The van der Waals surface area contributed by atoms with Crippen molar-refractivity contribution in [2.24, 2.45) is 0 Å². The molecule has 6 heteroatoms. The van der Waals surface area contributed by atoms with E-state index in [4.69, 9.17) is 9.72 Å². The van der Waals surface area contributed by atoms with Crippen LogP contribution < -0.4 is 4.74 Å². The second-order valence-corrected chi connectivity index (χ2v) is 6.10. The van der Waals surface area contributed by atoms with Crippen molar-refractivity contribution in [3.05, 3.63) is 66.0 Å². The molecule has 0 unspecified atom stereocenters. The first-order chi connectivity index (χ1) is 12.3. The van der Waals surface area contributed by atoms with Gasteiger partial charge in [-0.1, -0.05) is 0 Å². The molecule has 126 valence electrons. The van der Waals surface area contributed by atoms with E-state index in [-0.39, 0.29) is 0 Å². The third-order valence-corrected chi connectivity index (χ3v) is 4.34. The topological polar surface area (TPSA) is 64.0 Å². The van der Waals surface area contributed by atoms with Crippen LogP contribution in [0.4, 0.5) is 0 Å². The summed E-state index contributed by atoms with van der Waals surface area (Å²) in [5.74, 6) is 1.54. The molecular weight excluding hydrogens is 314 g/mol. The second-order valence-electron chi connectivity index (χ2n) is 6.10. The Morgan fingerprint density at radius 2 is 2.12 bits per heavy atom. The summed E-state index contributed by atoms with van der Waals surface area (Å²) in [7, 11) is 1.66. The van der Waals surface area contributed by atoms with E-state index < -0.39 is 0 Å². The van der Waals surface area contributed by atoms with E-state index >= 15 is 0 Å². The highest BCUT2D eigenvalue weighted by molar-refractivity contribution is 5.53. The fourth-order valence-corrected chi connectivity index (χ4v) is 3.06. The molecule has 0 saturated carbocycles. The summed E-state index contributed by atoms with van der Waals surface area (Å²) in [5, 5.41) is 0. The van der Waals surface area contributed by atoms with Crippen molar-refractivity contribution in [1.29, 1.82) is 0 Å². The van der Waals surface area contributed by atoms with Gasteiger partial charge in [0.2, 0.25) is 0 Å². The van der Waals surface area contributed by atoms with Crippen molar-refractivity contribution in [3.63, 3.8) is 0 Å². The van der Waals surface area contributed by atoms with Crippen molar-refractivity contribution in [1.82, 2.24) is 24.8 Å². The van der Waals surface area contributed by atoms with Gasteiger partial charge in [0.25, 0.3) is 0 Å². The Hall–Kier alpha value is -2.86. The SMILES string of the molecule is COc1cncc(CN2CCc3nc(-c4cccnc4)ncc3C2)c1. The van der Waals surface area contributed by atoms with Gasteiger partial charge in [-0.05, 0) is 23.8 Å². The van der Waals surface area contributed by atoms with Crippen LogP contribution in [0.1, 0.15) is 16.8 Å². The van der Waals surface area contributed by atoms with Crippen LogP contribution in [0.3, 0.4) is 0 Å². The lowest BCUT2D eigenvalue weighted by molar-refractivity contribution is 0.242. The fourth-order valence-electron chi connectivity index (χ4n) is 3.06. The number of ether oxygens (including phenoxy) is 1. The number of pyridine rings is 2. The summed E-state index contributed by atoms with van der Waals surface area (Å²) >= 11 is 0. The molecule has 4 heterocycles. The summed E-state index contributed by atoms with van der Waals surface area (Å²) in [5.41, 5.74) is 4.43. The lowest BCUT2D eigenvalue weighted by Gasteiger charge is -2.28. The van der Waals surface area contributed by atoms with Crippen LogP contribution in [0.5, 0.6) is 5.75 Å². The van der Waals surface area contributed by atoms with Crippen LogP contribution >= 0.6 is 0 Å². The first-order valence-electron chi connectivity index (χ1n) is 8.27. The maximum Gasteiger partial charge on any atom is 0.160 e. The van der Waals surface area contributed by atoms with Crippen molar-refractivity contribution >= 4 is 0 Å². The lowest BCUT2D eigenvalue weighted by Crippen LogP contribution is -2.31. The highest BCUT2D eigenvalue weighted by atomic mass is 16.5. The normalized spacial score (nSPS) is 14.1. The number of rotatable bonds is 4. The number of nitrogens with zero attached hydrogens (tertiary/aromatic N) is 5. The van der Waals surface area contributed by atoms with Crippen molar-refractivity contribution in [3.8, 4) is 17.1 Å². The second kappa shape index (κ2) is 6.94. The van der Waals surface area contributed by atoms with Crippen LogP contribution in [0, 0.1) is 0 Å². The molecule has 0 bridgehead atoms. The van der Waals surface area contributed by atoms with Crippen LogP contribution in [0.25, 0.3) is 11.4 Å². The molecule has 0 radical (unpaired) electrons. The number of aromatic nitrogens is 4. The summed E-state index contributed by atoms with van der Waals surface area (Å²) in [6.07, 6.45) is 10.0. The fraction of sp³-hybridized carbons (Fsp3) is 0.263. The molecule has 0 N–H and O–H groups in total. The van der Waals surface area contributed by atoms with Gasteiger partial charge in [0, 0.05) is 62.0 Å². The average molecular weight is 333 g/mol. The van der Waals surface area contributed by atoms with E-state index in [1.54, 1.807) is 25.7 Å². The third kappa shape index (κ3) is 3.49. The zero-order chi connectivity index (χ0) is 17.1. The maximum absolute atomic E-state index is 5.25. The van der Waals surface area contributed by atoms with Gasteiger partial charge in [-0.15, -0.1) is 0 Å². The minimum absolute atomic E-state index is 0.747. The highest BCUT2D eigenvalue weighted by Gasteiger charge is 2.19. The van der Waals surface area contributed by atoms with Gasteiger partial charge in [-0.25, -0.2) is 9.97 Å². The largest absolute Gasteiger partial charge is 0.495 e. The van der Waals surface area contributed by atoms with Gasteiger partial charge in [0.15, 0.2) is 5.82 Å². The molecule has 0 fully saturated rings. The Morgan fingerprint density at radius 3 is 2.96 bits per heavy atom. The molecule has 0 atom stereocenters. The van der Waals surface area contributed by atoms with E-state index in [0.29, 0.717) is 0 Å². The van der Waals surface area contributed by atoms with E-state index in [0.717, 1.165) is 54.4 Å².